The van der Waals surface area contributed by atoms with Crippen LogP contribution in [0.25, 0.3) is 0 Å². The van der Waals surface area contributed by atoms with Crippen LogP contribution in [0.5, 0.6) is 0 Å². The minimum absolute atomic E-state index is 0.212. The predicted octanol–water partition coefficient (Wildman–Crippen LogP) is 4.48. The summed E-state index contributed by atoms with van der Waals surface area (Å²) >= 11 is 0. The molecule has 0 fully saturated rings. The van der Waals surface area contributed by atoms with Crippen LogP contribution < -0.4 is 10.7 Å². The number of nitrogens with two attached hydrogens (primary N) is 1. The van der Waals surface area contributed by atoms with E-state index in [9.17, 15) is 4.39 Å². The van der Waals surface area contributed by atoms with Crippen LogP contribution in [0.2, 0.25) is 0 Å². The third kappa shape index (κ3) is 2.61. The maximum atomic E-state index is 13.7. The van der Waals surface area contributed by atoms with E-state index in [1.165, 1.54) is 11.6 Å². The second kappa shape index (κ2) is 5.98. The van der Waals surface area contributed by atoms with Gasteiger partial charge in [0.05, 0.1) is 17.1 Å². The first kappa shape index (κ1) is 14.7. The lowest BCUT2D eigenvalue weighted by Crippen LogP contribution is -2.33. The first-order chi connectivity index (χ1) is 11.7. The average molecular weight is 319 g/mol. The van der Waals surface area contributed by atoms with Crippen molar-refractivity contribution in [3.63, 3.8) is 0 Å². The standard InChI is InChI=1S/C20H18FN3/c21-17-10-11-19-16(12-17)14-23(13-15-6-2-1-3-7-15)24(19)20-9-5-4-8-18(20)22/h1-12H,13-14,22H2. The summed E-state index contributed by atoms with van der Waals surface area (Å²) in [5.74, 6) is -0.212. The Kier molecular flexibility index (Phi) is 3.67. The van der Waals surface area contributed by atoms with Gasteiger partial charge in [0, 0.05) is 13.1 Å². The molecule has 0 spiro atoms. The molecule has 3 aromatic carbocycles. The average Bonchev–Trinajstić information content (AvgIpc) is 2.93. The Balaban J connectivity index is 1.77. The van der Waals surface area contributed by atoms with Gasteiger partial charge >= 0.3 is 0 Å². The third-order valence-corrected chi connectivity index (χ3v) is 4.28. The second-order valence-corrected chi connectivity index (χ2v) is 5.95. The highest BCUT2D eigenvalue weighted by Gasteiger charge is 2.29. The molecule has 3 aromatic rings. The van der Waals surface area contributed by atoms with Crippen molar-refractivity contribution in [2.45, 2.75) is 13.1 Å². The van der Waals surface area contributed by atoms with Gasteiger partial charge in [-0.05, 0) is 41.5 Å². The molecule has 0 saturated carbocycles. The van der Waals surface area contributed by atoms with E-state index in [2.05, 4.69) is 22.2 Å². The molecule has 0 aliphatic carbocycles. The monoisotopic (exact) mass is 319 g/mol. The van der Waals surface area contributed by atoms with E-state index in [1.807, 2.05) is 48.5 Å². The maximum absolute atomic E-state index is 13.7. The second-order valence-electron chi connectivity index (χ2n) is 5.95. The molecule has 1 aliphatic heterocycles. The third-order valence-electron chi connectivity index (χ3n) is 4.28. The highest BCUT2D eigenvalue weighted by atomic mass is 19.1. The van der Waals surface area contributed by atoms with Gasteiger partial charge in [0.2, 0.25) is 0 Å². The van der Waals surface area contributed by atoms with E-state index in [4.69, 9.17) is 5.73 Å². The van der Waals surface area contributed by atoms with Gasteiger partial charge < -0.3 is 5.73 Å². The number of halogens is 1. The Morgan fingerprint density at radius 2 is 1.62 bits per heavy atom. The Bertz CT molecular complexity index is 864. The summed E-state index contributed by atoms with van der Waals surface area (Å²) in [6.45, 7) is 1.38. The number of nitrogens with zero attached hydrogens (tertiary/aromatic N) is 2. The van der Waals surface area contributed by atoms with Crippen molar-refractivity contribution in [2.75, 3.05) is 10.7 Å². The van der Waals surface area contributed by atoms with E-state index in [1.54, 1.807) is 6.07 Å². The number of hydrogen-bond acceptors (Lipinski definition) is 3. The van der Waals surface area contributed by atoms with Crippen LogP contribution in [0.4, 0.5) is 21.5 Å². The quantitative estimate of drug-likeness (QED) is 0.723. The Morgan fingerprint density at radius 3 is 2.42 bits per heavy atom. The number of fused-ring (bicyclic) bond motifs is 1. The normalized spacial score (nSPS) is 14.0. The number of anilines is 3. The van der Waals surface area contributed by atoms with Crippen LogP contribution in [0.3, 0.4) is 0 Å². The lowest BCUT2D eigenvalue weighted by molar-refractivity contribution is 0.284. The number of nitrogen functional groups attached to an aromatic ring is 1. The summed E-state index contributed by atoms with van der Waals surface area (Å²) in [6.07, 6.45) is 0. The number of hydrazine groups is 1. The molecule has 0 radical (unpaired) electrons. The molecule has 0 amide bonds. The molecule has 120 valence electrons. The van der Waals surface area contributed by atoms with Crippen molar-refractivity contribution in [2.24, 2.45) is 0 Å². The van der Waals surface area contributed by atoms with Gasteiger partial charge in [0.25, 0.3) is 0 Å². The van der Waals surface area contributed by atoms with Gasteiger partial charge in [0.15, 0.2) is 0 Å². The smallest absolute Gasteiger partial charge is 0.123 e. The molecular weight excluding hydrogens is 301 g/mol. The fraction of sp³-hybridized carbons (Fsp3) is 0.100. The molecule has 0 aromatic heterocycles. The molecule has 0 bridgehead atoms. The van der Waals surface area contributed by atoms with E-state index < -0.39 is 0 Å². The van der Waals surface area contributed by atoms with Crippen LogP contribution in [-0.4, -0.2) is 5.01 Å². The Hall–Kier alpha value is -2.85. The summed E-state index contributed by atoms with van der Waals surface area (Å²) in [4.78, 5) is 0. The zero-order chi connectivity index (χ0) is 16.5. The minimum atomic E-state index is -0.212. The Morgan fingerprint density at radius 1 is 0.875 bits per heavy atom. The van der Waals surface area contributed by atoms with Crippen LogP contribution in [-0.2, 0) is 13.1 Å². The minimum Gasteiger partial charge on any atom is -0.397 e. The molecule has 0 saturated heterocycles. The summed E-state index contributed by atoms with van der Waals surface area (Å²) in [5, 5.41) is 4.28. The van der Waals surface area contributed by atoms with E-state index in [-0.39, 0.29) is 5.82 Å². The van der Waals surface area contributed by atoms with Crippen molar-refractivity contribution in [1.82, 2.24) is 5.01 Å². The molecule has 2 N–H and O–H groups in total. The van der Waals surface area contributed by atoms with Crippen LogP contribution in [0, 0.1) is 5.82 Å². The van der Waals surface area contributed by atoms with Gasteiger partial charge in [-0.25, -0.2) is 9.40 Å². The first-order valence-electron chi connectivity index (χ1n) is 7.94. The summed E-state index contributed by atoms with van der Waals surface area (Å²) in [6, 6.07) is 22.9. The van der Waals surface area contributed by atoms with E-state index in [0.717, 1.165) is 23.5 Å². The molecular formula is C20H18FN3. The molecule has 1 heterocycles. The highest BCUT2D eigenvalue weighted by Crippen LogP contribution is 2.40. The number of benzene rings is 3. The first-order valence-corrected chi connectivity index (χ1v) is 7.94. The van der Waals surface area contributed by atoms with Crippen molar-refractivity contribution in [3.05, 3.63) is 89.7 Å². The fourth-order valence-electron chi connectivity index (χ4n) is 3.19. The van der Waals surface area contributed by atoms with Gasteiger partial charge in [-0.15, -0.1) is 0 Å². The van der Waals surface area contributed by atoms with E-state index in [0.29, 0.717) is 12.2 Å². The van der Waals surface area contributed by atoms with Crippen molar-refractivity contribution < 1.29 is 4.39 Å². The van der Waals surface area contributed by atoms with Gasteiger partial charge in [-0.2, -0.15) is 0 Å². The summed E-state index contributed by atoms with van der Waals surface area (Å²) in [7, 11) is 0. The summed E-state index contributed by atoms with van der Waals surface area (Å²) < 4.78 is 13.7. The van der Waals surface area contributed by atoms with Crippen molar-refractivity contribution >= 4 is 17.1 Å². The predicted molar refractivity (Wildman–Crippen MR) is 95.1 cm³/mol. The lowest BCUT2D eigenvalue weighted by Gasteiger charge is -2.31. The molecule has 4 heteroatoms. The fourth-order valence-corrected chi connectivity index (χ4v) is 3.19. The molecule has 3 nitrogen and oxygen atoms in total. The molecule has 1 aliphatic rings. The van der Waals surface area contributed by atoms with Crippen LogP contribution in [0.1, 0.15) is 11.1 Å². The van der Waals surface area contributed by atoms with Crippen molar-refractivity contribution in [3.8, 4) is 0 Å². The van der Waals surface area contributed by atoms with Crippen LogP contribution >= 0.6 is 0 Å². The maximum Gasteiger partial charge on any atom is 0.123 e. The van der Waals surface area contributed by atoms with Gasteiger partial charge in [-0.1, -0.05) is 42.5 Å². The highest BCUT2D eigenvalue weighted by molar-refractivity contribution is 5.76. The number of para-hydroxylation sites is 2. The molecule has 4 rings (SSSR count). The lowest BCUT2D eigenvalue weighted by atomic mass is 10.1. The molecule has 24 heavy (non-hydrogen) atoms. The number of hydrogen-bond donors (Lipinski definition) is 1. The topological polar surface area (TPSA) is 32.5 Å². The van der Waals surface area contributed by atoms with E-state index >= 15 is 0 Å². The zero-order valence-corrected chi connectivity index (χ0v) is 13.2. The van der Waals surface area contributed by atoms with Gasteiger partial charge in [-0.3, -0.25) is 5.01 Å². The molecule has 0 unspecified atom stereocenters. The van der Waals surface area contributed by atoms with Crippen molar-refractivity contribution in [1.29, 1.82) is 0 Å². The SMILES string of the molecule is Nc1ccccc1N1c2ccc(F)cc2CN1Cc1ccccc1. The van der Waals surface area contributed by atoms with Gasteiger partial charge in [0.1, 0.15) is 5.82 Å². The zero-order valence-electron chi connectivity index (χ0n) is 13.2. The summed E-state index contributed by atoms with van der Waals surface area (Å²) in [5.41, 5.74) is 11.0. The number of rotatable bonds is 3. The Labute approximate surface area is 140 Å². The molecule has 0 atom stereocenters. The largest absolute Gasteiger partial charge is 0.397 e. The van der Waals surface area contributed by atoms with Crippen LogP contribution in [0.15, 0.2) is 72.8 Å².